The Bertz CT molecular complexity index is 1020. The van der Waals surface area contributed by atoms with Gasteiger partial charge in [-0.05, 0) is 48.5 Å². The van der Waals surface area contributed by atoms with E-state index in [-0.39, 0.29) is 11.7 Å². The first-order valence-corrected chi connectivity index (χ1v) is 8.20. The number of ether oxygens (including phenoxy) is 2. The highest BCUT2D eigenvalue weighted by Crippen LogP contribution is 2.22. The van der Waals surface area contributed by atoms with E-state index in [1.807, 2.05) is 0 Å². The molecule has 0 bridgehead atoms. The number of hydrogen-bond donors (Lipinski definition) is 1. The van der Waals surface area contributed by atoms with Crippen LogP contribution < -0.4 is 14.8 Å². The summed E-state index contributed by atoms with van der Waals surface area (Å²) in [6, 6.07) is 15.9. The van der Waals surface area contributed by atoms with Crippen LogP contribution in [-0.2, 0) is 0 Å². The summed E-state index contributed by atoms with van der Waals surface area (Å²) in [7, 11) is 1.47. The second-order valence-electron chi connectivity index (χ2n) is 5.67. The number of halogens is 2. The zero-order chi connectivity index (χ0) is 20.1. The van der Waals surface area contributed by atoms with Crippen LogP contribution in [-0.4, -0.2) is 19.0 Å². The molecule has 0 aliphatic rings. The van der Waals surface area contributed by atoms with Crippen molar-refractivity contribution in [3.05, 3.63) is 89.5 Å². The molecule has 3 rings (SSSR count). The van der Waals surface area contributed by atoms with Crippen molar-refractivity contribution >= 4 is 17.6 Å². The number of para-hydroxylation sites is 1. The fraction of sp³-hybridized carbons (Fsp3) is 0.0476. The molecule has 3 aromatic rings. The zero-order valence-electron chi connectivity index (χ0n) is 14.7. The summed E-state index contributed by atoms with van der Waals surface area (Å²) < 4.78 is 37.1. The van der Waals surface area contributed by atoms with E-state index in [9.17, 15) is 18.4 Å². The minimum atomic E-state index is -1.27. The first-order valence-electron chi connectivity index (χ1n) is 8.20. The molecule has 0 aromatic heterocycles. The van der Waals surface area contributed by atoms with Crippen LogP contribution in [0.1, 0.15) is 20.7 Å². The summed E-state index contributed by atoms with van der Waals surface area (Å²) in [5.74, 6) is -3.25. The number of carbonyl (C=O) groups excluding carboxylic acids is 2. The fourth-order valence-corrected chi connectivity index (χ4v) is 2.46. The predicted octanol–water partition coefficient (Wildman–Crippen LogP) is 4.44. The molecule has 7 heteroatoms. The van der Waals surface area contributed by atoms with E-state index < -0.39 is 23.2 Å². The van der Waals surface area contributed by atoms with Crippen LogP contribution in [0.25, 0.3) is 0 Å². The number of nitrogens with one attached hydrogen (secondary N) is 1. The van der Waals surface area contributed by atoms with E-state index in [1.165, 1.54) is 37.4 Å². The molecule has 0 atom stereocenters. The van der Waals surface area contributed by atoms with Crippen molar-refractivity contribution in [2.45, 2.75) is 0 Å². The average Bonchev–Trinajstić information content (AvgIpc) is 2.71. The lowest BCUT2D eigenvalue weighted by Gasteiger charge is -2.10. The van der Waals surface area contributed by atoms with Crippen molar-refractivity contribution in [1.82, 2.24) is 0 Å². The van der Waals surface area contributed by atoms with E-state index in [0.29, 0.717) is 17.0 Å². The first kappa shape index (κ1) is 19.0. The molecule has 1 N–H and O–H groups in total. The van der Waals surface area contributed by atoms with Gasteiger partial charge in [-0.25, -0.2) is 13.6 Å². The van der Waals surface area contributed by atoms with Crippen LogP contribution in [0.3, 0.4) is 0 Å². The maximum Gasteiger partial charge on any atom is 0.346 e. The van der Waals surface area contributed by atoms with Crippen LogP contribution in [0.2, 0.25) is 0 Å². The van der Waals surface area contributed by atoms with E-state index in [0.717, 1.165) is 12.1 Å². The highest BCUT2D eigenvalue weighted by atomic mass is 19.2. The molecule has 0 aliphatic heterocycles. The van der Waals surface area contributed by atoms with Gasteiger partial charge in [0.1, 0.15) is 11.5 Å². The molecule has 3 aromatic carbocycles. The number of methoxy groups -OCH3 is 1. The second-order valence-corrected chi connectivity index (χ2v) is 5.67. The minimum absolute atomic E-state index is 0.115. The Morgan fingerprint density at radius 3 is 2.25 bits per heavy atom. The van der Waals surface area contributed by atoms with Gasteiger partial charge in [-0.1, -0.05) is 18.2 Å². The van der Waals surface area contributed by atoms with Crippen molar-refractivity contribution in [2.75, 3.05) is 12.4 Å². The van der Waals surface area contributed by atoms with E-state index >= 15 is 0 Å². The number of carbonyl (C=O) groups is 2. The van der Waals surface area contributed by atoms with Crippen molar-refractivity contribution < 1.29 is 27.8 Å². The summed E-state index contributed by atoms with van der Waals surface area (Å²) in [6.45, 7) is 0. The molecule has 0 heterocycles. The number of anilines is 1. The van der Waals surface area contributed by atoms with Gasteiger partial charge < -0.3 is 14.8 Å². The number of amides is 1. The molecular weight excluding hydrogens is 368 g/mol. The maximum atomic E-state index is 13.7. The van der Waals surface area contributed by atoms with Gasteiger partial charge in [0.25, 0.3) is 5.91 Å². The highest BCUT2D eigenvalue weighted by molar-refractivity contribution is 6.06. The van der Waals surface area contributed by atoms with Crippen LogP contribution in [0.4, 0.5) is 14.5 Å². The Balaban J connectivity index is 1.69. The monoisotopic (exact) mass is 383 g/mol. The van der Waals surface area contributed by atoms with Crippen molar-refractivity contribution in [3.63, 3.8) is 0 Å². The molecule has 1 amide bonds. The number of esters is 1. The summed E-state index contributed by atoms with van der Waals surface area (Å²) >= 11 is 0. The Morgan fingerprint density at radius 1 is 0.857 bits per heavy atom. The van der Waals surface area contributed by atoms with Crippen LogP contribution in [0, 0.1) is 11.6 Å². The quantitative estimate of drug-likeness (QED) is 0.522. The number of rotatable bonds is 5. The van der Waals surface area contributed by atoms with Gasteiger partial charge in [0, 0.05) is 5.69 Å². The van der Waals surface area contributed by atoms with Crippen molar-refractivity contribution in [2.24, 2.45) is 0 Å². The molecule has 0 radical (unpaired) electrons. The predicted molar refractivity (Wildman–Crippen MR) is 98.7 cm³/mol. The SMILES string of the molecule is COc1ccccc1C(=O)Nc1ccc(OC(=O)c2cccc(F)c2F)cc1. The summed E-state index contributed by atoms with van der Waals surface area (Å²) in [4.78, 5) is 24.4. The molecule has 142 valence electrons. The first-order chi connectivity index (χ1) is 13.5. The van der Waals surface area contributed by atoms with Crippen LogP contribution >= 0.6 is 0 Å². The third-order valence-corrected chi connectivity index (χ3v) is 3.85. The van der Waals surface area contributed by atoms with Gasteiger partial charge in [-0.15, -0.1) is 0 Å². The van der Waals surface area contributed by atoms with Gasteiger partial charge in [-0.3, -0.25) is 4.79 Å². The summed E-state index contributed by atoms with van der Waals surface area (Å²) in [5.41, 5.74) is 0.309. The molecule has 0 saturated carbocycles. The van der Waals surface area contributed by atoms with Gasteiger partial charge in [0.05, 0.1) is 18.2 Å². The molecule has 0 saturated heterocycles. The van der Waals surface area contributed by atoms with Crippen molar-refractivity contribution in [1.29, 1.82) is 0 Å². The average molecular weight is 383 g/mol. The molecule has 0 spiro atoms. The Kier molecular flexibility index (Phi) is 5.64. The normalized spacial score (nSPS) is 10.2. The van der Waals surface area contributed by atoms with E-state index in [1.54, 1.807) is 24.3 Å². The lowest BCUT2D eigenvalue weighted by Crippen LogP contribution is -2.13. The second kappa shape index (κ2) is 8.30. The zero-order valence-corrected chi connectivity index (χ0v) is 14.7. The lowest BCUT2D eigenvalue weighted by atomic mass is 10.2. The van der Waals surface area contributed by atoms with Gasteiger partial charge in [-0.2, -0.15) is 0 Å². The largest absolute Gasteiger partial charge is 0.496 e. The summed E-state index contributed by atoms with van der Waals surface area (Å²) in [6.07, 6.45) is 0. The maximum absolute atomic E-state index is 13.7. The third kappa shape index (κ3) is 4.15. The minimum Gasteiger partial charge on any atom is -0.496 e. The molecule has 0 fully saturated rings. The van der Waals surface area contributed by atoms with Gasteiger partial charge in [0.15, 0.2) is 11.6 Å². The standard InChI is InChI=1S/C21H15F2NO4/c1-27-18-8-3-2-5-15(18)20(25)24-13-9-11-14(12-10-13)28-21(26)16-6-4-7-17(22)19(16)23/h2-12H,1H3,(H,24,25). The van der Waals surface area contributed by atoms with E-state index in [2.05, 4.69) is 5.32 Å². The molecule has 0 unspecified atom stereocenters. The summed E-state index contributed by atoms with van der Waals surface area (Å²) in [5, 5.41) is 2.69. The lowest BCUT2D eigenvalue weighted by molar-refractivity contribution is 0.0728. The smallest absolute Gasteiger partial charge is 0.346 e. The van der Waals surface area contributed by atoms with Crippen LogP contribution in [0.5, 0.6) is 11.5 Å². The van der Waals surface area contributed by atoms with E-state index in [4.69, 9.17) is 9.47 Å². The molecule has 28 heavy (non-hydrogen) atoms. The third-order valence-electron chi connectivity index (χ3n) is 3.85. The van der Waals surface area contributed by atoms with Crippen molar-refractivity contribution in [3.8, 4) is 11.5 Å². The highest BCUT2D eigenvalue weighted by Gasteiger charge is 2.17. The van der Waals surface area contributed by atoms with Crippen LogP contribution in [0.15, 0.2) is 66.7 Å². The topological polar surface area (TPSA) is 64.6 Å². The number of benzene rings is 3. The van der Waals surface area contributed by atoms with Gasteiger partial charge >= 0.3 is 5.97 Å². The Morgan fingerprint density at radius 2 is 1.54 bits per heavy atom. The Hall–Kier alpha value is -3.74. The fourth-order valence-electron chi connectivity index (χ4n) is 2.46. The molecule has 5 nitrogen and oxygen atoms in total. The van der Waals surface area contributed by atoms with Gasteiger partial charge in [0.2, 0.25) is 0 Å². The molecular formula is C21H15F2NO4. The number of hydrogen-bond acceptors (Lipinski definition) is 4. The Labute approximate surface area is 159 Å². The molecule has 0 aliphatic carbocycles.